The van der Waals surface area contributed by atoms with Crippen LogP contribution in [-0.2, 0) is 11.2 Å². The fourth-order valence-electron chi connectivity index (χ4n) is 4.08. The van der Waals surface area contributed by atoms with Gasteiger partial charge in [-0.25, -0.2) is 4.39 Å². The molecule has 1 amide bonds. The van der Waals surface area contributed by atoms with E-state index in [0.29, 0.717) is 12.5 Å². The maximum Gasteiger partial charge on any atom is 0.237 e. The second-order valence-electron chi connectivity index (χ2n) is 7.97. The van der Waals surface area contributed by atoms with Gasteiger partial charge in [0.25, 0.3) is 0 Å². The molecule has 1 aromatic heterocycles. The van der Waals surface area contributed by atoms with Crippen LogP contribution >= 0.6 is 11.3 Å². The molecule has 8 heteroatoms. The Balaban J connectivity index is 1.27. The van der Waals surface area contributed by atoms with Crippen molar-refractivity contribution in [2.45, 2.75) is 51.1 Å². The Morgan fingerprint density at radius 3 is 2.55 bits per heavy atom. The second-order valence-corrected chi connectivity index (χ2v) is 9.01. The van der Waals surface area contributed by atoms with Crippen molar-refractivity contribution in [1.29, 1.82) is 0 Å². The Bertz CT molecular complexity index is 813. The first-order valence-electron chi connectivity index (χ1n) is 10.4. The number of hydrogen-bond donors (Lipinski definition) is 1. The van der Waals surface area contributed by atoms with Crippen molar-refractivity contribution in [2.24, 2.45) is 0 Å². The van der Waals surface area contributed by atoms with Crippen LogP contribution in [0.4, 0.5) is 9.52 Å². The van der Waals surface area contributed by atoms with Gasteiger partial charge >= 0.3 is 0 Å². The fraction of sp³-hybridized carbons (Fsp3) is 0.571. The van der Waals surface area contributed by atoms with Crippen LogP contribution in [-0.4, -0.2) is 59.3 Å². The van der Waals surface area contributed by atoms with E-state index in [1.54, 1.807) is 23.5 Å². The summed E-state index contributed by atoms with van der Waals surface area (Å²) >= 11 is 1.59. The lowest BCUT2D eigenvalue weighted by Gasteiger charge is -2.37. The van der Waals surface area contributed by atoms with E-state index < -0.39 is 0 Å². The molecule has 1 aliphatic heterocycles. The molecule has 156 valence electrons. The van der Waals surface area contributed by atoms with Crippen LogP contribution in [0.25, 0.3) is 0 Å². The summed E-state index contributed by atoms with van der Waals surface area (Å²) < 4.78 is 13.1. The predicted octanol–water partition coefficient (Wildman–Crippen LogP) is 2.84. The molecule has 1 aliphatic carbocycles. The van der Waals surface area contributed by atoms with E-state index in [4.69, 9.17) is 0 Å². The van der Waals surface area contributed by atoms with Gasteiger partial charge in [-0.3, -0.25) is 9.69 Å². The molecule has 2 fully saturated rings. The highest BCUT2D eigenvalue weighted by molar-refractivity contribution is 7.15. The van der Waals surface area contributed by atoms with Crippen molar-refractivity contribution in [1.82, 2.24) is 20.4 Å². The highest BCUT2D eigenvalue weighted by Gasteiger charge is 2.28. The maximum atomic E-state index is 13.1. The Kier molecular flexibility index (Phi) is 6.40. The number of piperazine rings is 1. The summed E-state index contributed by atoms with van der Waals surface area (Å²) in [6.45, 7) is 5.36. The van der Waals surface area contributed by atoms with Crippen LogP contribution in [0.5, 0.6) is 0 Å². The molecule has 2 aliphatic rings. The summed E-state index contributed by atoms with van der Waals surface area (Å²) in [5, 5.41) is 13.7. The molecule has 0 spiro atoms. The summed E-state index contributed by atoms with van der Waals surface area (Å²) in [5.74, 6) is -0.0708. The van der Waals surface area contributed by atoms with E-state index in [0.717, 1.165) is 54.7 Å². The largest absolute Gasteiger partial charge is 0.352 e. The Morgan fingerprint density at radius 1 is 1.17 bits per heavy atom. The van der Waals surface area contributed by atoms with E-state index in [1.807, 2.05) is 6.92 Å². The van der Waals surface area contributed by atoms with Crippen LogP contribution in [0.2, 0.25) is 0 Å². The van der Waals surface area contributed by atoms with Crippen molar-refractivity contribution in [3.63, 3.8) is 0 Å². The van der Waals surface area contributed by atoms with Crippen molar-refractivity contribution in [2.75, 3.05) is 31.1 Å². The third-order valence-electron chi connectivity index (χ3n) is 5.94. The Labute approximate surface area is 175 Å². The summed E-state index contributed by atoms with van der Waals surface area (Å²) in [6.07, 6.45) is 5.34. The molecule has 1 unspecified atom stereocenters. The molecule has 1 N–H and O–H groups in total. The monoisotopic (exact) mass is 417 g/mol. The van der Waals surface area contributed by atoms with Gasteiger partial charge in [-0.2, -0.15) is 0 Å². The number of benzene rings is 1. The summed E-state index contributed by atoms with van der Waals surface area (Å²) in [5.41, 5.74) is 1.03. The Hall–Kier alpha value is -2.06. The second kappa shape index (κ2) is 9.17. The number of halogens is 1. The number of carbonyl (C=O) groups is 1. The van der Waals surface area contributed by atoms with Crippen molar-refractivity contribution < 1.29 is 9.18 Å². The Morgan fingerprint density at radius 2 is 1.86 bits per heavy atom. The van der Waals surface area contributed by atoms with E-state index in [-0.39, 0.29) is 17.8 Å². The number of aromatic nitrogens is 2. The SMILES string of the molecule is CC(C(=O)NC1CCCC1)N1CCN(c2nnc(Cc3ccc(F)cc3)s2)CC1. The molecule has 0 bridgehead atoms. The number of nitrogens with zero attached hydrogens (tertiary/aromatic N) is 4. The minimum Gasteiger partial charge on any atom is -0.352 e. The topological polar surface area (TPSA) is 61.4 Å². The van der Waals surface area contributed by atoms with Crippen LogP contribution < -0.4 is 10.2 Å². The molecule has 0 radical (unpaired) electrons. The molecular weight excluding hydrogens is 389 g/mol. The minimum atomic E-state index is -0.226. The van der Waals surface area contributed by atoms with Crippen LogP contribution in [0, 0.1) is 5.82 Å². The summed E-state index contributed by atoms with van der Waals surface area (Å²) in [4.78, 5) is 17.0. The number of anilines is 1. The number of carbonyl (C=O) groups excluding carboxylic acids is 1. The normalized spacial score (nSPS) is 19.4. The van der Waals surface area contributed by atoms with Crippen molar-refractivity contribution >= 4 is 22.4 Å². The quantitative estimate of drug-likeness (QED) is 0.783. The zero-order valence-electron chi connectivity index (χ0n) is 16.8. The fourth-order valence-corrected chi connectivity index (χ4v) is 5.00. The highest BCUT2D eigenvalue weighted by Crippen LogP contribution is 2.24. The molecule has 2 aromatic rings. The molecule has 4 rings (SSSR count). The van der Waals surface area contributed by atoms with Gasteiger partial charge < -0.3 is 10.2 Å². The average molecular weight is 418 g/mol. The van der Waals surface area contributed by atoms with E-state index in [9.17, 15) is 9.18 Å². The van der Waals surface area contributed by atoms with Crippen LogP contribution in [0.1, 0.15) is 43.2 Å². The molecule has 1 saturated heterocycles. The first-order chi connectivity index (χ1) is 14.1. The number of hydrogen-bond acceptors (Lipinski definition) is 6. The lowest BCUT2D eigenvalue weighted by atomic mass is 10.2. The van der Waals surface area contributed by atoms with E-state index in [1.165, 1.54) is 25.0 Å². The molecule has 29 heavy (non-hydrogen) atoms. The first-order valence-corrected chi connectivity index (χ1v) is 11.3. The van der Waals surface area contributed by atoms with E-state index in [2.05, 4.69) is 25.3 Å². The third kappa shape index (κ3) is 5.11. The van der Waals surface area contributed by atoms with Gasteiger partial charge in [0.15, 0.2) is 0 Å². The summed E-state index contributed by atoms with van der Waals surface area (Å²) in [6, 6.07) is 6.79. The lowest BCUT2D eigenvalue weighted by molar-refractivity contribution is -0.126. The van der Waals surface area contributed by atoms with Crippen molar-refractivity contribution in [3.05, 3.63) is 40.7 Å². The maximum absolute atomic E-state index is 13.1. The van der Waals surface area contributed by atoms with Crippen molar-refractivity contribution in [3.8, 4) is 0 Å². The number of rotatable bonds is 6. The van der Waals surface area contributed by atoms with Gasteiger partial charge in [0.2, 0.25) is 11.0 Å². The third-order valence-corrected chi connectivity index (χ3v) is 6.92. The van der Waals surface area contributed by atoms with Gasteiger partial charge in [-0.1, -0.05) is 36.3 Å². The number of amides is 1. The molecule has 1 atom stereocenters. The molecule has 2 heterocycles. The minimum absolute atomic E-state index is 0.0961. The molecule has 1 aromatic carbocycles. The lowest BCUT2D eigenvalue weighted by Crippen LogP contribution is -2.54. The average Bonchev–Trinajstić information content (AvgIpc) is 3.41. The van der Waals surface area contributed by atoms with Gasteiger partial charge in [0, 0.05) is 38.6 Å². The van der Waals surface area contributed by atoms with Gasteiger partial charge in [-0.15, -0.1) is 10.2 Å². The zero-order valence-corrected chi connectivity index (χ0v) is 17.6. The smallest absolute Gasteiger partial charge is 0.237 e. The first kappa shape index (κ1) is 20.2. The van der Waals surface area contributed by atoms with Gasteiger partial charge in [-0.05, 0) is 37.5 Å². The molecule has 6 nitrogen and oxygen atoms in total. The highest BCUT2D eigenvalue weighted by atomic mass is 32.1. The molecule has 1 saturated carbocycles. The number of nitrogens with one attached hydrogen (secondary N) is 1. The predicted molar refractivity (Wildman–Crippen MR) is 113 cm³/mol. The van der Waals surface area contributed by atoms with Gasteiger partial charge in [0.05, 0.1) is 6.04 Å². The summed E-state index contributed by atoms with van der Waals surface area (Å²) in [7, 11) is 0. The molecular formula is C21H28FN5OS. The van der Waals surface area contributed by atoms with Crippen LogP contribution in [0.15, 0.2) is 24.3 Å². The van der Waals surface area contributed by atoms with Gasteiger partial charge in [0.1, 0.15) is 10.8 Å². The standard InChI is InChI=1S/C21H28FN5OS/c1-15(20(28)23-18-4-2-3-5-18)26-10-12-27(13-11-26)21-25-24-19(29-21)14-16-6-8-17(22)9-7-16/h6-9,15,18H,2-5,10-14H2,1H3,(H,23,28). The zero-order chi connectivity index (χ0) is 20.2. The van der Waals surface area contributed by atoms with E-state index >= 15 is 0 Å². The van der Waals surface area contributed by atoms with Crippen LogP contribution in [0.3, 0.4) is 0 Å².